The molecule has 0 saturated heterocycles. The van der Waals surface area contributed by atoms with E-state index in [0.29, 0.717) is 0 Å². The highest BCUT2D eigenvalue weighted by molar-refractivity contribution is 5.95. The lowest BCUT2D eigenvalue weighted by Crippen LogP contribution is -2.09. The second kappa shape index (κ2) is 18.1. The normalized spacial score (nSPS) is 11.5. The summed E-state index contributed by atoms with van der Waals surface area (Å²) in [5, 5.41) is 0. The van der Waals surface area contributed by atoms with Crippen molar-refractivity contribution in [2.45, 2.75) is 0 Å². The second-order valence-electron chi connectivity index (χ2n) is 14.6. The van der Waals surface area contributed by atoms with Crippen molar-refractivity contribution in [3.05, 3.63) is 288 Å². The molecule has 0 aliphatic heterocycles. The lowest BCUT2D eigenvalue weighted by atomic mass is 9.91. The Morgan fingerprint density at radius 1 is 0.217 bits per heavy atom. The fourth-order valence-electron chi connectivity index (χ4n) is 7.71. The third-order valence-corrected chi connectivity index (χ3v) is 10.7. The highest BCUT2D eigenvalue weighted by Crippen LogP contribution is 2.37. The third-order valence-electron chi connectivity index (χ3n) is 10.7. The van der Waals surface area contributed by atoms with Crippen LogP contribution in [0.4, 0.5) is 34.1 Å². The van der Waals surface area contributed by atoms with Gasteiger partial charge in [0.05, 0.1) is 0 Å². The molecule has 60 heavy (non-hydrogen) atoms. The molecule has 0 bridgehead atoms. The first-order valence-corrected chi connectivity index (χ1v) is 20.4. The minimum atomic E-state index is 1.11. The lowest BCUT2D eigenvalue weighted by molar-refractivity contribution is 1.28. The Kier molecular flexibility index (Phi) is 11.4. The van der Waals surface area contributed by atoms with Crippen LogP contribution in [0.25, 0.3) is 23.3 Å². The molecule has 0 aliphatic rings. The highest BCUT2D eigenvalue weighted by atomic mass is 15.1. The van der Waals surface area contributed by atoms with Gasteiger partial charge in [0.2, 0.25) is 0 Å². The standard InChI is InChI=1S/C58H44N2/c1-7-19-47(20-8-1)57(43-45-31-39-55(40-32-45)59(51-23-11-3-12-24-51)52-25-13-4-14-26-52)49-35-37-50(38-36-49)58(48-21-9-2-10-22-48)44-46-33-41-56(42-34-46)60(53-27-15-5-16-28-53)54-29-17-6-18-30-54/h1-44H. The van der Waals surface area contributed by atoms with Crippen LogP contribution in [0.5, 0.6) is 0 Å². The molecule has 9 aromatic rings. The van der Waals surface area contributed by atoms with E-state index in [1.54, 1.807) is 0 Å². The van der Waals surface area contributed by atoms with Crippen molar-refractivity contribution in [2.75, 3.05) is 9.80 Å². The van der Waals surface area contributed by atoms with Crippen molar-refractivity contribution in [1.29, 1.82) is 0 Å². The maximum absolute atomic E-state index is 2.30. The molecule has 0 aromatic heterocycles. The van der Waals surface area contributed by atoms with Crippen LogP contribution >= 0.6 is 0 Å². The molecule has 0 heterocycles. The number of para-hydroxylation sites is 4. The molecular formula is C58H44N2. The first-order valence-electron chi connectivity index (χ1n) is 20.4. The molecule has 286 valence electrons. The van der Waals surface area contributed by atoms with Gasteiger partial charge < -0.3 is 9.80 Å². The molecule has 0 saturated carbocycles. The average molecular weight is 769 g/mol. The van der Waals surface area contributed by atoms with Crippen molar-refractivity contribution >= 4 is 57.4 Å². The molecule has 2 nitrogen and oxygen atoms in total. The van der Waals surface area contributed by atoms with E-state index < -0.39 is 0 Å². The predicted molar refractivity (Wildman–Crippen MR) is 256 cm³/mol. The van der Waals surface area contributed by atoms with Gasteiger partial charge in [-0.1, -0.05) is 182 Å². The summed E-state index contributed by atoms with van der Waals surface area (Å²) in [6.07, 6.45) is 4.60. The SMILES string of the molecule is C(=C(c1ccccc1)c1ccc(C(=Cc2ccc(N(c3ccccc3)c3ccccc3)cc2)c2ccccc2)cc1)c1ccc(N(c2ccccc2)c2ccccc2)cc1. The van der Waals surface area contributed by atoms with Crippen LogP contribution in [0.1, 0.15) is 33.4 Å². The number of benzene rings is 9. The Morgan fingerprint density at radius 2 is 0.433 bits per heavy atom. The van der Waals surface area contributed by atoms with Gasteiger partial charge in [0, 0.05) is 34.1 Å². The summed E-state index contributed by atoms with van der Waals surface area (Å²) in [6, 6.07) is 90.2. The zero-order valence-corrected chi connectivity index (χ0v) is 33.3. The molecule has 0 spiro atoms. The zero-order valence-electron chi connectivity index (χ0n) is 33.3. The summed E-state index contributed by atoms with van der Waals surface area (Å²) in [5.74, 6) is 0. The molecule has 0 amide bonds. The summed E-state index contributed by atoms with van der Waals surface area (Å²) in [5.41, 5.74) is 15.9. The first kappa shape index (κ1) is 37.6. The van der Waals surface area contributed by atoms with Crippen LogP contribution in [-0.4, -0.2) is 0 Å². The van der Waals surface area contributed by atoms with E-state index in [1.165, 1.54) is 22.3 Å². The van der Waals surface area contributed by atoms with E-state index in [-0.39, 0.29) is 0 Å². The first-order chi connectivity index (χ1) is 29.8. The molecule has 9 rings (SSSR count). The molecular weight excluding hydrogens is 725 g/mol. The Bertz CT molecular complexity index is 2500. The van der Waals surface area contributed by atoms with Gasteiger partial charge in [0.1, 0.15) is 0 Å². The fraction of sp³-hybridized carbons (Fsp3) is 0. The second-order valence-corrected chi connectivity index (χ2v) is 14.6. The van der Waals surface area contributed by atoms with Crippen LogP contribution in [0.2, 0.25) is 0 Å². The van der Waals surface area contributed by atoms with Crippen molar-refractivity contribution < 1.29 is 0 Å². The van der Waals surface area contributed by atoms with Gasteiger partial charge in [-0.15, -0.1) is 0 Å². The summed E-state index contributed by atoms with van der Waals surface area (Å²) in [6.45, 7) is 0. The van der Waals surface area contributed by atoms with Gasteiger partial charge in [0.25, 0.3) is 0 Å². The van der Waals surface area contributed by atoms with E-state index in [2.05, 4.69) is 277 Å². The maximum atomic E-state index is 2.30. The molecule has 0 radical (unpaired) electrons. The molecule has 0 unspecified atom stereocenters. The zero-order chi connectivity index (χ0) is 40.4. The van der Waals surface area contributed by atoms with Gasteiger partial charge in [-0.05, 0) is 129 Å². The van der Waals surface area contributed by atoms with E-state index in [0.717, 1.165) is 56.4 Å². The highest BCUT2D eigenvalue weighted by Gasteiger charge is 2.15. The largest absolute Gasteiger partial charge is 0.311 e. The Hall–Kier alpha value is -7.94. The number of rotatable bonds is 12. The minimum Gasteiger partial charge on any atom is -0.311 e. The van der Waals surface area contributed by atoms with Crippen LogP contribution in [-0.2, 0) is 0 Å². The van der Waals surface area contributed by atoms with E-state index in [1.807, 2.05) is 0 Å². The summed E-state index contributed by atoms with van der Waals surface area (Å²) >= 11 is 0. The van der Waals surface area contributed by atoms with Gasteiger partial charge in [-0.3, -0.25) is 0 Å². The molecule has 0 aliphatic carbocycles. The predicted octanol–water partition coefficient (Wildman–Crippen LogP) is 15.8. The smallest absolute Gasteiger partial charge is 0.0462 e. The molecule has 2 heteroatoms. The van der Waals surface area contributed by atoms with Crippen LogP contribution < -0.4 is 9.80 Å². The third kappa shape index (κ3) is 8.64. The van der Waals surface area contributed by atoms with Crippen LogP contribution in [0.15, 0.2) is 255 Å². The average Bonchev–Trinajstić information content (AvgIpc) is 3.33. The number of anilines is 6. The topological polar surface area (TPSA) is 6.48 Å². The fourth-order valence-corrected chi connectivity index (χ4v) is 7.71. The van der Waals surface area contributed by atoms with Crippen LogP contribution in [0, 0.1) is 0 Å². The molecule has 9 aromatic carbocycles. The summed E-state index contributed by atoms with van der Waals surface area (Å²) in [4.78, 5) is 4.58. The Balaban J connectivity index is 1.04. The summed E-state index contributed by atoms with van der Waals surface area (Å²) in [7, 11) is 0. The summed E-state index contributed by atoms with van der Waals surface area (Å²) < 4.78 is 0. The van der Waals surface area contributed by atoms with Crippen molar-refractivity contribution in [2.24, 2.45) is 0 Å². The van der Waals surface area contributed by atoms with Crippen molar-refractivity contribution in [1.82, 2.24) is 0 Å². The minimum absolute atomic E-state index is 1.11. The van der Waals surface area contributed by atoms with Gasteiger partial charge >= 0.3 is 0 Å². The number of hydrogen-bond donors (Lipinski definition) is 0. The van der Waals surface area contributed by atoms with E-state index in [9.17, 15) is 0 Å². The molecule has 0 atom stereocenters. The number of nitrogens with zero attached hydrogens (tertiary/aromatic N) is 2. The molecule has 0 fully saturated rings. The molecule has 0 N–H and O–H groups in total. The van der Waals surface area contributed by atoms with E-state index >= 15 is 0 Å². The van der Waals surface area contributed by atoms with E-state index in [4.69, 9.17) is 0 Å². The number of hydrogen-bond acceptors (Lipinski definition) is 2. The monoisotopic (exact) mass is 768 g/mol. The lowest BCUT2D eigenvalue weighted by Gasteiger charge is -2.25. The quantitative estimate of drug-likeness (QED) is 0.114. The van der Waals surface area contributed by atoms with Gasteiger partial charge in [-0.2, -0.15) is 0 Å². The van der Waals surface area contributed by atoms with Crippen LogP contribution in [0.3, 0.4) is 0 Å². The Labute approximate surface area is 353 Å². The van der Waals surface area contributed by atoms with Crippen molar-refractivity contribution in [3.8, 4) is 0 Å². The Morgan fingerprint density at radius 3 is 0.700 bits per heavy atom. The maximum Gasteiger partial charge on any atom is 0.0462 e. The van der Waals surface area contributed by atoms with Gasteiger partial charge in [0.15, 0.2) is 0 Å². The van der Waals surface area contributed by atoms with Crippen molar-refractivity contribution in [3.63, 3.8) is 0 Å². The van der Waals surface area contributed by atoms with Gasteiger partial charge in [-0.25, -0.2) is 0 Å².